The van der Waals surface area contributed by atoms with Crippen LogP contribution in [-0.4, -0.2) is 40.0 Å². The Kier molecular flexibility index (Phi) is 7.41. The van der Waals surface area contributed by atoms with Crippen molar-refractivity contribution < 1.29 is 19.4 Å². The van der Waals surface area contributed by atoms with Crippen LogP contribution in [0.3, 0.4) is 0 Å². The maximum Gasteiger partial charge on any atom is 0.303 e. The number of carbonyl (C=O) groups is 2. The molecular weight excluding hydrogens is 356 g/mol. The predicted molar refractivity (Wildman–Crippen MR) is 98.5 cm³/mol. The van der Waals surface area contributed by atoms with E-state index in [0.717, 1.165) is 5.56 Å². The third kappa shape index (κ3) is 5.74. The van der Waals surface area contributed by atoms with Crippen molar-refractivity contribution in [3.8, 4) is 5.88 Å². The number of carbonyl (C=O) groups excluding carboxylic acids is 1. The van der Waals surface area contributed by atoms with Gasteiger partial charge in [0.15, 0.2) is 0 Å². The van der Waals surface area contributed by atoms with Crippen LogP contribution in [0.25, 0.3) is 0 Å². The van der Waals surface area contributed by atoms with Crippen LogP contribution in [0.4, 0.5) is 0 Å². The van der Waals surface area contributed by atoms with Gasteiger partial charge in [0.25, 0.3) is 5.91 Å². The van der Waals surface area contributed by atoms with E-state index in [1.807, 2.05) is 37.3 Å². The molecule has 0 fully saturated rings. The summed E-state index contributed by atoms with van der Waals surface area (Å²) in [4.78, 5) is 29.4. The van der Waals surface area contributed by atoms with Gasteiger partial charge in [-0.2, -0.15) is 0 Å². The molecule has 1 N–H and O–H groups in total. The summed E-state index contributed by atoms with van der Waals surface area (Å²) in [6.45, 7) is 2.95. The quantitative estimate of drug-likeness (QED) is 0.722. The monoisotopic (exact) mass is 376 g/mol. The minimum absolute atomic E-state index is 0.000847. The molecule has 0 saturated carbocycles. The molecule has 0 aliphatic heterocycles. The summed E-state index contributed by atoms with van der Waals surface area (Å²) in [5.74, 6) is -0.856. The van der Waals surface area contributed by atoms with Crippen molar-refractivity contribution >= 4 is 23.5 Å². The van der Waals surface area contributed by atoms with Gasteiger partial charge in [0, 0.05) is 25.7 Å². The van der Waals surface area contributed by atoms with Crippen LogP contribution in [0.2, 0.25) is 5.02 Å². The van der Waals surface area contributed by atoms with E-state index in [9.17, 15) is 9.59 Å². The molecule has 2 aromatic rings. The van der Waals surface area contributed by atoms with E-state index in [1.54, 1.807) is 4.90 Å². The van der Waals surface area contributed by atoms with Crippen molar-refractivity contribution in [1.29, 1.82) is 0 Å². The number of carboxylic acids is 1. The molecule has 0 bridgehead atoms. The number of halogens is 1. The molecule has 7 heteroatoms. The van der Waals surface area contributed by atoms with Crippen LogP contribution in [0.1, 0.15) is 35.7 Å². The summed E-state index contributed by atoms with van der Waals surface area (Å²) in [6, 6.07) is 11.0. The Morgan fingerprint density at radius 1 is 1.27 bits per heavy atom. The Morgan fingerprint density at radius 3 is 2.62 bits per heavy atom. The number of aliphatic carboxylic acids is 1. The molecule has 2 rings (SSSR count). The van der Waals surface area contributed by atoms with Crippen molar-refractivity contribution in [2.75, 3.05) is 13.2 Å². The molecule has 26 heavy (non-hydrogen) atoms. The highest BCUT2D eigenvalue weighted by Crippen LogP contribution is 2.23. The lowest BCUT2D eigenvalue weighted by molar-refractivity contribution is -0.137. The summed E-state index contributed by atoms with van der Waals surface area (Å²) >= 11 is 6.13. The van der Waals surface area contributed by atoms with Crippen LogP contribution in [0.15, 0.2) is 42.6 Å². The van der Waals surface area contributed by atoms with E-state index < -0.39 is 5.97 Å². The summed E-state index contributed by atoms with van der Waals surface area (Å²) < 4.78 is 5.29. The summed E-state index contributed by atoms with van der Waals surface area (Å²) in [5.41, 5.74) is 1.30. The number of ether oxygens (including phenoxy) is 1. The van der Waals surface area contributed by atoms with E-state index in [4.69, 9.17) is 21.4 Å². The molecule has 1 aromatic carbocycles. The zero-order valence-electron chi connectivity index (χ0n) is 14.5. The topological polar surface area (TPSA) is 79.7 Å². The summed E-state index contributed by atoms with van der Waals surface area (Å²) in [7, 11) is 0. The second-order valence-corrected chi connectivity index (χ2v) is 6.06. The van der Waals surface area contributed by atoms with Crippen molar-refractivity contribution in [3.05, 3.63) is 58.7 Å². The number of rotatable bonds is 9. The highest BCUT2D eigenvalue weighted by atomic mass is 35.5. The average Bonchev–Trinajstić information content (AvgIpc) is 2.63. The van der Waals surface area contributed by atoms with Gasteiger partial charge in [-0.15, -0.1) is 0 Å². The van der Waals surface area contributed by atoms with Crippen LogP contribution in [0.5, 0.6) is 5.88 Å². The molecule has 1 heterocycles. The minimum Gasteiger partial charge on any atom is -0.481 e. The van der Waals surface area contributed by atoms with Crippen molar-refractivity contribution in [2.24, 2.45) is 0 Å². The molecule has 1 amide bonds. The smallest absolute Gasteiger partial charge is 0.303 e. The molecular formula is C19H21ClN2O4. The molecule has 0 saturated heterocycles. The third-order valence-corrected chi connectivity index (χ3v) is 3.93. The number of carboxylic acid groups (broad SMARTS) is 1. The van der Waals surface area contributed by atoms with E-state index in [1.165, 1.54) is 12.3 Å². The van der Waals surface area contributed by atoms with E-state index >= 15 is 0 Å². The Labute approximate surface area is 157 Å². The van der Waals surface area contributed by atoms with Crippen LogP contribution >= 0.6 is 11.6 Å². The molecule has 0 aliphatic rings. The number of hydrogen-bond acceptors (Lipinski definition) is 4. The molecule has 0 atom stereocenters. The second-order valence-electron chi connectivity index (χ2n) is 5.65. The van der Waals surface area contributed by atoms with Crippen molar-refractivity contribution in [3.63, 3.8) is 0 Å². The first kappa shape index (κ1) is 19.7. The molecule has 138 valence electrons. The maximum atomic E-state index is 12.9. The van der Waals surface area contributed by atoms with Gasteiger partial charge in [-0.25, -0.2) is 4.98 Å². The zero-order chi connectivity index (χ0) is 18.9. The normalized spacial score (nSPS) is 10.4. The van der Waals surface area contributed by atoms with Gasteiger partial charge in [-0.1, -0.05) is 41.9 Å². The van der Waals surface area contributed by atoms with Gasteiger partial charge in [0.2, 0.25) is 5.88 Å². The van der Waals surface area contributed by atoms with Gasteiger partial charge in [-0.3, -0.25) is 9.59 Å². The van der Waals surface area contributed by atoms with Gasteiger partial charge in [-0.05, 0) is 25.0 Å². The first-order chi connectivity index (χ1) is 12.5. The number of amides is 1. The predicted octanol–water partition coefficient (Wildman–Crippen LogP) is 3.64. The van der Waals surface area contributed by atoms with E-state index in [0.29, 0.717) is 31.7 Å². The standard InChI is InChI=1S/C19H21ClN2O4/c1-2-26-18-16(20)11-15(12-21-18)19(25)22(10-6-9-17(23)24)13-14-7-4-3-5-8-14/h3-5,7-8,11-12H,2,6,9-10,13H2,1H3,(H,23,24). The Morgan fingerprint density at radius 2 is 2.00 bits per heavy atom. The summed E-state index contributed by atoms with van der Waals surface area (Å²) in [5, 5.41) is 9.11. The SMILES string of the molecule is CCOc1ncc(C(=O)N(CCCC(=O)O)Cc2ccccc2)cc1Cl. The van der Waals surface area contributed by atoms with Gasteiger partial charge in [0.1, 0.15) is 5.02 Å². The highest BCUT2D eigenvalue weighted by molar-refractivity contribution is 6.32. The number of pyridine rings is 1. The Bertz CT molecular complexity index is 752. The lowest BCUT2D eigenvalue weighted by Gasteiger charge is -2.23. The largest absolute Gasteiger partial charge is 0.481 e. The maximum absolute atomic E-state index is 12.9. The fraction of sp³-hybridized carbons (Fsp3) is 0.316. The third-order valence-electron chi connectivity index (χ3n) is 3.66. The van der Waals surface area contributed by atoms with E-state index in [-0.39, 0.29) is 23.2 Å². The van der Waals surface area contributed by atoms with Gasteiger partial charge in [0.05, 0.1) is 12.2 Å². The van der Waals surface area contributed by atoms with Crippen molar-refractivity contribution in [1.82, 2.24) is 9.88 Å². The van der Waals surface area contributed by atoms with Crippen molar-refractivity contribution in [2.45, 2.75) is 26.3 Å². The number of aromatic nitrogens is 1. The molecule has 0 radical (unpaired) electrons. The van der Waals surface area contributed by atoms with Gasteiger partial charge >= 0.3 is 5.97 Å². The number of benzene rings is 1. The fourth-order valence-corrected chi connectivity index (χ4v) is 2.67. The zero-order valence-corrected chi connectivity index (χ0v) is 15.3. The molecule has 0 unspecified atom stereocenters. The molecule has 0 aliphatic carbocycles. The summed E-state index contributed by atoms with van der Waals surface area (Å²) in [6.07, 6.45) is 1.79. The first-order valence-corrected chi connectivity index (χ1v) is 8.72. The second kappa shape index (κ2) is 9.77. The Balaban J connectivity index is 2.18. The van der Waals surface area contributed by atoms with Crippen LogP contribution in [-0.2, 0) is 11.3 Å². The average molecular weight is 377 g/mol. The minimum atomic E-state index is -0.886. The molecule has 0 spiro atoms. The lowest BCUT2D eigenvalue weighted by Crippen LogP contribution is -2.32. The van der Waals surface area contributed by atoms with Gasteiger partial charge < -0.3 is 14.7 Å². The number of hydrogen-bond donors (Lipinski definition) is 1. The van der Waals surface area contributed by atoms with E-state index in [2.05, 4.69) is 4.98 Å². The lowest BCUT2D eigenvalue weighted by atomic mass is 10.1. The Hall–Kier alpha value is -2.60. The highest BCUT2D eigenvalue weighted by Gasteiger charge is 2.18. The fourth-order valence-electron chi connectivity index (χ4n) is 2.45. The van der Waals surface area contributed by atoms with Crippen LogP contribution in [0, 0.1) is 0 Å². The number of nitrogens with zero attached hydrogens (tertiary/aromatic N) is 2. The van der Waals surface area contributed by atoms with Crippen LogP contribution < -0.4 is 4.74 Å². The molecule has 1 aromatic heterocycles. The molecule has 6 nitrogen and oxygen atoms in total. The first-order valence-electron chi connectivity index (χ1n) is 8.34.